The van der Waals surface area contributed by atoms with Crippen molar-refractivity contribution in [2.24, 2.45) is 0 Å². The molecule has 1 heterocycles. The van der Waals surface area contributed by atoms with Gasteiger partial charge in [-0.15, -0.1) is 0 Å². The average Bonchev–Trinajstić information content (AvgIpc) is 3.30. The lowest BCUT2D eigenvalue weighted by atomic mass is 9.99. The number of rotatable bonds is 48. The first kappa shape index (κ1) is 63.6. The zero-order valence-electron chi connectivity index (χ0n) is 42.7. The molecule has 0 radical (unpaired) electrons. The number of aliphatic hydroxyl groups excluding tert-OH is 4. The van der Waals surface area contributed by atoms with Gasteiger partial charge >= 0.3 is 10.4 Å². The Labute approximate surface area is 410 Å². The maximum atomic E-state index is 13.1. The maximum absolute atomic E-state index is 13.1. The fourth-order valence-corrected chi connectivity index (χ4v) is 9.43. The number of carbonyl (C=O) groups excluding carboxylic acids is 1. The molecule has 0 aromatic carbocycles. The number of unbranched alkanes of at least 4 members (excludes halogenated alkanes) is 34. The molecule has 0 aromatic heterocycles. The third-order valence-corrected chi connectivity index (χ3v) is 13.7. The highest BCUT2D eigenvalue weighted by Crippen LogP contribution is 2.26. The largest absolute Gasteiger partial charge is 0.397 e. The fourth-order valence-electron chi connectivity index (χ4n) is 8.92. The molecule has 0 aromatic rings. The van der Waals surface area contributed by atoms with Crippen LogP contribution in [0.3, 0.4) is 0 Å². The molecule has 0 spiro atoms. The van der Waals surface area contributed by atoms with Crippen LogP contribution in [0.5, 0.6) is 0 Å². The molecule has 1 rings (SSSR count). The Balaban J connectivity index is 2.40. The summed E-state index contributed by atoms with van der Waals surface area (Å²) in [6.07, 6.45) is 45.1. The van der Waals surface area contributed by atoms with Crippen LogP contribution in [0.1, 0.15) is 258 Å². The lowest BCUT2D eigenvalue weighted by molar-refractivity contribution is -0.298. The summed E-state index contributed by atoms with van der Waals surface area (Å²) in [4.78, 5) is 13.1. The molecule has 0 aliphatic carbocycles. The Kier molecular flexibility index (Phi) is 42.3. The Morgan fingerprint density at radius 1 is 0.582 bits per heavy atom. The first-order valence-electron chi connectivity index (χ1n) is 27.7. The Morgan fingerprint density at radius 3 is 1.34 bits per heavy atom. The minimum atomic E-state index is -5.09. The van der Waals surface area contributed by atoms with Crippen LogP contribution in [0.4, 0.5) is 0 Å². The van der Waals surface area contributed by atoms with Gasteiger partial charge < -0.3 is 35.2 Å². The molecular weight excluding hydrogens is 871 g/mol. The quantitative estimate of drug-likeness (QED) is 0.0193. The van der Waals surface area contributed by atoms with Crippen molar-refractivity contribution < 1.29 is 51.8 Å². The molecule has 1 amide bonds. The molecule has 67 heavy (non-hydrogen) atoms. The maximum Gasteiger partial charge on any atom is 0.397 e. The van der Waals surface area contributed by atoms with Gasteiger partial charge in [0.05, 0.1) is 25.4 Å². The standard InChI is InChI=1S/C54H103NO11S/c1-3-5-7-9-11-13-15-17-19-21-22-23-24-25-26-27-28-29-31-33-35-37-39-41-43-48(57)47(46-64-54-52(60)53(66-67(61,62)63)51(59)49(45-56)65-54)55-50(58)44-42-40-38-36-34-32-30-20-18-16-14-12-10-8-6-4-2/h20,30,41,43,47-49,51-54,56-57,59-60H,3-19,21-29,31-40,42,44-46H2,1-2H3,(H,55,58)(H,61,62,63)/b30-20-,43-41+. The van der Waals surface area contributed by atoms with Gasteiger partial charge in [-0.05, 0) is 44.9 Å². The summed E-state index contributed by atoms with van der Waals surface area (Å²) in [5, 5.41) is 44.9. The molecule has 0 saturated carbocycles. The van der Waals surface area contributed by atoms with E-state index in [1.54, 1.807) is 6.08 Å². The van der Waals surface area contributed by atoms with E-state index in [1.807, 2.05) is 6.08 Å². The number of allylic oxidation sites excluding steroid dienone is 3. The Bertz CT molecular complexity index is 1280. The number of amides is 1. The van der Waals surface area contributed by atoms with Gasteiger partial charge in [0.15, 0.2) is 6.29 Å². The van der Waals surface area contributed by atoms with E-state index in [1.165, 1.54) is 173 Å². The van der Waals surface area contributed by atoms with E-state index in [4.69, 9.17) is 9.47 Å². The van der Waals surface area contributed by atoms with Crippen LogP contribution in [-0.4, -0.2) is 95.4 Å². The van der Waals surface area contributed by atoms with Crippen LogP contribution in [0, 0.1) is 0 Å². The lowest BCUT2D eigenvalue weighted by Gasteiger charge is -2.41. The number of carbonyl (C=O) groups is 1. The summed E-state index contributed by atoms with van der Waals surface area (Å²) in [7, 11) is -5.09. The number of ether oxygens (including phenoxy) is 2. The number of aliphatic hydroxyl groups is 4. The van der Waals surface area contributed by atoms with Gasteiger partial charge in [0.2, 0.25) is 5.91 Å². The molecule has 7 unspecified atom stereocenters. The van der Waals surface area contributed by atoms with Gasteiger partial charge in [-0.2, -0.15) is 8.42 Å². The van der Waals surface area contributed by atoms with Gasteiger partial charge in [-0.25, -0.2) is 4.18 Å². The molecule has 1 saturated heterocycles. The summed E-state index contributed by atoms with van der Waals surface area (Å²) in [6, 6.07) is -0.947. The lowest BCUT2D eigenvalue weighted by Crippen LogP contribution is -2.61. The molecule has 1 aliphatic heterocycles. The third-order valence-electron chi connectivity index (χ3n) is 13.2. The first-order chi connectivity index (χ1) is 32.5. The molecule has 0 bridgehead atoms. The highest BCUT2D eigenvalue weighted by molar-refractivity contribution is 7.80. The van der Waals surface area contributed by atoms with Crippen LogP contribution < -0.4 is 5.32 Å². The third kappa shape index (κ3) is 37.1. The van der Waals surface area contributed by atoms with Gasteiger partial charge in [0.25, 0.3) is 0 Å². The number of nitrogens with one attached hydrogen (secondary N) is 1. The summed E-state index contributed by atoms with van der Waals surface area (Å²) in [6.45, 7) is 3.41. The van der Waals surface area contributed by atoms with Gasteiger partial charge in [-0.1, -0.05) is 231 Å². The normalized spacial score (nSPS) is 20.0. The molecule has 6 N–H and O–H groups in total. The van der Waals surface area contributed by atoms with E-state index in [9.17, 15) is 38.2 Å². The van der Waals surface area contributed by atoms with Crippen LogP contribution in [0.2, 0.25) is 0 Å². The van der Waals surface area contributed by atoms with Crippen molar-refractivity contribution in [3.05, 3.63) is 24.3 Å². The van der Waals surface area contributed by atoms with E-state index in [0.717, 1.165) is 57.8 Å². The highest BCUT2D eigenvalue weighted by atomic mass is 32.3. The topological polar surface area (TPSA) is 192 Å². The molecule has 1 aliphatic rings. The minimum absolute atomic E-state index is 0.260. The van der Waals surface area contributed by atoms with Crippen molar-refractivity contribution >= 4 is 16.3 Å². The summed E-state index contributed by atoms with van der Waals surface area (Å²) >= 11 is 0. The average molecular weight is 974 g/mol. The first-order valence-corrected chi connectivity index (χ1v) is 29.1. The molecular formula is C54H103NO11S. The fraction of sp³-hybridized carbons (Fsp3) is 0.907. The van der Waals surface area contributed by atoms with Gasteiger partial charge in [0.1, 0.15) is 24.4 Å². The summed E-state index contributed by atoms with van der Waals surface area (Å²) < 4.78 is 47.8. The molecule has 396 valence electrons. The van der Waals surface area contributed by atoms with Crippen molar-refractivity contribution in [1.29, 1.82) is 0 Å². The summed E-state index contributed by atoms with van der Waals surface area (Å²) in [5.41, 5.74) is 0. The van der Waals surface area contributed by atoms with Gasteiger partial charge in [-0.3, -0.25) is 9.35 Å². The second-order valence-electron chi connectivity index (χ2n) is 19.5. The zero-order chi connectivity index (χ0) is 49.1. The number of hydrogen-bond acceptors (Lipinski definition) is 10. The predicted molar refractivity (Wildman–Crippen MR) is 273 cm³/mol. The van der Waals surface area contributed by atoms with Crippen LogP contribution in [0.25, 0.3) is 0 Å². The van der Waals surface area contributed by atoms with Gasteiger partial charge in [0, 0.05) is 6.42 Å². The van der Waals surface area contributed by atoms with Crippen LogP contribution >= 0.6 is 0 Å². The Morgan fingerprint density at radius 2 is 0.955 bits per heavy atom. The van der Waals surface area contributed by atoms with E-state index in [0.29, 0.717) is 6.42 Å². The predicted octanol–water partition coefficient (Wildman–Crippen LogP) is 12.5. The van der Waals surface area contributed by atoms with E-state index < -0.39 is 59.9 Å². The van der Waals surface area contributed by atoms with Crippen LogP contribution in [0.15, 0.2) is 24.3 Å². The Hall–Kier alpha value is -1.42. The highest BCUT2D eigenvalue weighted by Gasteiger charge is 2.48. The molecule has 13 heteroatoms. The second kappa shape index (κ2) is 44.5. The molecule has 7 atom stereocenters. The van der Waals surface area contributed by atoms with Crippen molar-refractivity contribution in [3.63, 3.8) is 0 Å². The number of hydrogen-bond donors (Lipinski definition) is 6. The molecule has 12 nitrogen and oxygen atoms in total. The van der Waals surface area contributed by atoms with Crippen molar-refractivity contribution in [2.75, 3.05) is 13.2 Å². The van der Waals surface area contributed by atoms with E-state index >= 15 is 0 Å². The SMILES string of the molecule is CCCCCCCCC/C=C\CCCCCCCC(=O)NC(COC1OC(CO)C(O)C(OS(=O)(=O)O)C1O)C(O)/C=C/CCCCCCCCCCCCCCCCCCCCCCCC. The monoisotopic (exact) mass is 974 g/mol. The summed E-state index contributed by atoms with van der Waals surface area (Å²) in [5.74, 6) is -0.268. The second-order valence-corrected chi connectivity index (χ2v) is 20.6. The van der Waals surface area contributed by atoms with E-state index in [-0.39, 0.29) is 18.9 Å². The van der Waals surface area contributed by atoms with Crippen molar-refractivity contribution in [1.82, 2.24) is 5.32 Å². The zero-order valence-corrected chi connectivity index (χ0v) is 43.5. The van der Waals surface area contributed by atoms with Crippen molar-refractivity contribution in [2.45, 2.75) is 301 Å². The smallest absolute Gasteiger partial charge is 0.394 e. The van der Waals surface area contributed by atoms with Crippen LogP contribution in [-0.2, 0) is 28.9 Å². The van der Waals surface area contributed by atoms with E-state index in [2.05, 4.69) is 35.5 Å². The molecule has 1 fully saturated rings. The van der Waals surface area contributed by atoms with Crippen molar-refractivity contribution in [3.8, 4) is 0 Å². The minimum Gasteiger partial charge on any atom is -0.394 e.